The number of aromatic nitrogens is 3. The summed E-state index contributed by atoms with van der Waals surface area (Å²) in [6.07, 6.45) is 1.38. The van der Waals surface area contributed by atoms with E-state index in [0.717, 1.165) is 17.0 Å². The summed E-state index contributed by atoms with van der Waals surface area (Å²) in [6, 6.07) is 7.74. The van der Waals surface area contributed by atoms with Crippen LogP contribution >= 0.6 is 0 Å². The monoisotopic (exact) mass is 247 g/mol. The number of benzene rings is 1. The Morgan fingerprint density at radius 1 is 1.33 bits per heavy atom. The number of hydrogen-bond donors (Lipinski definition) is 1. The minimum absolute atomic E-state index is 0.458. The molecule has 0 spiro atoms. The van der Waals surface area contributed by atoms with Crippen LogP contribution < -0.4 is 0 Å². The van der Waals surface area contributed by atoms with Gasteiger partial charge in [-0.05, 0) is 11.1 Å². The molecule has 1 heterocycles. The predicted molar refractivity (Wildman–Crippen MR) is 66.8 cm³/mol. The molecule has 0 fully saturated rings. The molecule has 1 unspecified atom stereocenters. The Bertz CT molecular complexity index is 493. The van der Waals surface area contributed by atoms with Gasteiger partial charge in [0.05, 0.1) is 12.7 Å². The Hall–Kier alpha value is -1.72. The normalized spacial score (nSPS) is 12.6. The minimum Gasteiger partial charge on any atom is -0.388 e. The first-order chi connectivity index (χ1) is 8.70. The van der Waals surface area contributed by atoms with Gasteiger partial charge in [0.2, 0.25) is 0 Å². The van der Waals surface area contributed by atoms with Gasteiger partial charge in [0.15, 0.2) is 0 Å². The van der Waals surface area contributed by atoms with Crippen LogP contribution in [0.1, 0.15) is 23.1 Å². The summed E-state index contributed by atoms with van der Waals surface area (Å²) in [4.78, 5) is 4.10. The number of nitrogens with zero attached hydrogens (tertiary/aromatic N) is 3. The zero-order valence-corrected chi connectivity index (χ0v) is 10.6. The molecule has 0 aliphatic heterocycles. The highest BCUT2D eigenvalue weighted by atomic mass is 16.5. The van der Waals surface area contributed by atoms with Crippen molar-refractivity contribution in [1.82, 2.24) is 14.8 Å². The molecule has 5 nitrogen and oxygen atoms in total. The molecule has 2 aromatic rings. The third-order valence-corrected chi connectivity index (χ3v) is 2.86. The second-order valence-corrected chi connectivity index (χ2v) is 4.19. The van der Waals surface area contributed by atoms with Crippen molar-refractivity contribution in [3.63, 3.8) is 0 Å². The van der Waals surface area contributed by atoms with Crippen molar-refractivity contribution in [1.29, 1.82) is 0 Å². The van der Waals surface area contributed by atoms with Gasteiger partial charge < -0.3 is 9.84 Å². The van der Waals surface area contributed by atoms with E-state index in [1.54, 1.807) is 11.8 Å². The smallest absolute Gasteiger partial charge is 0.138 e. The molecule has 5 heteroatoms. The summed E-state index contributed by atoms with van der Waals surface area (Å²) >= 11 is 0. The van der Waals surface area contributed by atoms with Crippen LogP contribution in [0.25, 0.3) is 0 Å². The second-order valence-electron chi connectivity index (χ2n) is 4.19. The molecular formula is C13H17N3O2. The van der Waals surface area contributed by atoms with E-state index in [2.05, 4.69) is 10.1 Å². The van der Waals surface area contributed by atoms with Crippen LogP contribution in [0, 0.1) is 0 Å². The fraction of sp³-hybridized carbons (Fsp3) is 0.385. The Morgan fingerprint density at radius 3 is 2.61 bits per heavy atom. The summed E-state index contributed by atoms with van der Waals surface area (Å²) in [5.41, 5.74) is 1.96. The molecule has 0 aliphatic rings. The van der Waals surface area contributed by atoms with Crippen LogP contribution in [0.3, 0.4) is 0 Å². The van der Waals surface area contributed by atoms with Crippen molar-refractivity contribution in [2.45, 2.75) is 19.1 Å². The average Bonchev–Trinajstić information content (AvgIpc) is 2.76. The third kappa shape index (κ3) is 2.94. The van der Waals surface area contributed by atoms with E-state index < -0.39 is 6.10 Å². The maximum Gasteiger partial charge on any atom is 0.138 e. The topological polar surface area (TPSA) is 60.2 Å². The highest BCUT2D eigenvalue weighted by molar-refractivity contribution is 5.24. The van der Waals surface area contributed by atoms with E-state index in [1.807, 2.05) is 31.3 Å². The van der Waals surface area contributed by atoms with Gasteiger partial charge >= 0.3 is 0 Å². The molecule has 18 heavy (non-hydrogen) atoms. The van der Waals surface area contributed by atoms with Crippen LogP contribution in [-0.2, 0) is 24.8 Å². The summed E-state index contributed by atoms with van der Waals surface area (Å²) < 4.78 is 6.71. The summed E-state index contributed by atoms with van der Waals surface area (Å²) in [7, 11) is 3.48. The number of aliphatic hydroxyl groups is 1. The molecule has 0 amide bonds. The fourth-order valence-corrected chi connectivity index (χ4v) is 1.80. The first-order valence-electron chi connectivity index (χ1n) is 5.79. The molecule has 1 aromatic heterocycles. The molecule has 0 saturated heterocycles. The van der Waals surface area contributed by atoms with Gasteiger partial charge in [-0.3, -0.25) is 4.68 Å². The zero-order valence-electron chi connectivity index (χ0n) is 10.6. The minimum atomic E-state index is -0.565. The molecule has 1 N–H and O–H groups in total. The Morgan fingerprint density at radius 2 is 2.06 bits per heavy atom. The Kier molecular flexibility index (Phi) is 4.07. The highest BCUT2D eigenvalue weighted by Gasteiger charge is 2.11. The quantitative estimate of drug-likeness (QED) is 0.863. The zero-order chi connectivity index (χ0) is 13.0. The number of aliphatic hydroxyl groups excluding tert-OH is 1. The van der Waals surface area contributed by atoms with Crippen molar-refractivity contribution >= 4 is 0 Å². The lowest BCUT2D eigenvalue weighted by Gasteiger charge is -2.11. The summed E-state index contributed by atoms with van der Waals surface area (Å²) in [5, 5.41) is 14.1. The third-order valence-electron chi connectivity index (χ3n) is 2.86. The number of methoxy groups -OCH3 is 1. The Labute approximate surface area is 106 Å². The molecule has 1 aromatic carbocycles. The van der Waals surface area contributed by atoms with Gasteiger partial charge in [0.25, 0.3) is 0 Å². The molecule has 0 radical (unpaired) electrons. The van der Waals surface area contributed by atoms with Crippen molar-refractivity contribution in [2.24, 2.45) is 7.05 Å². The van der Waals surface area contributed by atoms with Crippen LogP contribution in [0.2, 0.25) is 0 Å². The fourth-order valence-electron chi connectivity index (χ4n) is 1.80. The number of rotatable bonds is 5. The van der Waals surface area contributed by atoms with Gasteiger partial charge in [0, 0.05) is 20.6 Å². The molecular weight excluding hydrogens is 230 g/mol. The molecule has 1 atom stereocenters. The van der Waals surface area contributed by atoms with Crippen LogP contribution in [0.4, 0.5) is 0 Å². The first-order valence-corrected chi connectivity index (χ1v) is 5.79. The van der Waals surface area contributed by atoms with Crippen molar-refractivity contribution in [3.05, 3.63) is 47.5 Å². The lowest BCUT2D eigenvalue weighted by atomic mass is 10.0. The van der Waals surface area contributed by atoms with Gasteiger partial charge in [-0.1, -0.05) is 24.3 Å². The van der Waals surface area contributed by atoms with Crippen molar-refractivity contribution < 1.29 is 9.84 Å². The number of ether oxygens (including phenoxy) is 1. The van der Waals surface area contributed by atoms with Crippen molar-refractivity contribution in [2.75, 3.05) is 7.11 Å². The van der Waals surface area contributed by atoms with Crippen molar-refractivity contribution in [3.8, 4) is 0 Å². The molecule has 96 valence electrons. The molecule has 2 rings (SSSR count). The van der Waals surface area contributed by atoms with E-state index in [9.17, 15) is 5.11 Å². The first kappa shape index (κ1) is 12.7. The van der Waals surface area contributed by atoms with E-state index in [-0.39, 0.29) is 0 Å². The SMILES string of the molecule is COCc1ccc(C(O)Cc2ncnn2C)cc1. The van der Waals surface area contributed by atoms with E-state index in [4.69, 9.17) is 4.74 Å². The lowest BCUT2D eigenvalue weighted by molar-refractivity contribution is 0.173. The average molecular weight is 247 g/mol. The Balaban J connectivity index is 2.04. The number of aryl methyl sites for hydroxylation is 1. The van der Waals surface area contributed by atoms with Gasteiger partial charge in [-0.15, -0.1) is 0 Å². The summed E-state index contributed by atoms with van der Waals surface area (Å²) in [6.45, 7) is 0.583. The summed E-state index contributed by atoms with van der Waals surface area (Å²) in [5.74, 6) is 0.767. The van der Waals surface area contributed by atoms with E-state index in [0.29, 0.717) is 13.0 Å². The second kappa shape index (κ2) is 5.75. The molecule has 0 saturated carbocycles. The highest BCUT2D eigenvalue weighted by Crippen LogP contribution is 2.17. The molecule has 0 aliphatic carbocycles. The standard InChI is InChI=1S/C13H17N3O2/c1-16-13(14-9-15-16)7-12(17)11-5-3-10(4-6-11)8-18-2/h3-6,9,12,17H,7-8H2,1-2H3. The van der Waals surface area contributed by atoms with Crippen LogP contribution in [0.5, 0.6) is 0 Å². The van der Waals surface area contributed by atoms with E-state index >= 15 is 0 Å². The maximum atomic E-state index is 10.1. The molecule has 0 bridgehead atoms. The largest absolute Gasteiger partial charge is 0.388 e. The van der Waals surface area contributed by atoms with E-state index in [1.165, 1.54) is 6.33 Å². The van der Waals surface area contributed by atoms with Crippen LogP contribution in [0.15, 0.2) is 30.6 Å². The maximum absolute atomic E-state index is 10.1. The number of hydrogen-bond acceptors (Lipinski definition) is 4. The lowest BCUT2D eigenvalue weighted by Crippen LogP contribution is -2.07. The van der Waals surface area contributed by atoms with Gasteiger partial charge in [0.1, 0.15) is 12.2 Å². The predicted octanol–water partition coefficient (Wildman–Crippen LogP) is 1.24. The van der Waals surface area contributed by atoms with Gasteiger partial charge in [-0.25, -0.2) is 4.98 Å². The van der Waals surface area contributed by atoms with Crippen LogP contribution in [-0.4, -0.2) is 27.0 Å². The van der Waals surface area contributed by atoms with Gasteiger partial charge in [-0.2, -0.15) is 5.10 Å².